The zero-order valence-corrected chi connectivity index (χ0v) is 14.1. The first-order valence-corrected chi connectivity index (χ1v) is 8.83. The third-order valence-electron chi connectivity index (χ3n) is 3.42. The Bertz CT molecular complexity index is 871. The molecule has 0 fully saturated rings. The summed E-state index contributed by atoms with van der Waals surface area (Å²) in [4.78, 5) is -0.266. The van der Waals surface area contributed by atoms with E-state index in [1.54, 1.807) is 18.2 Å². The lowest BCUT2D eigenvalue weighted by molar-refractivity contribution is 0.173. The van der Waals surface area contributed by atoms with Crippen LogP contribution in [0, 0.1) is 5.82 Å². The molecule has 7 nitrogen and oxygen atoms in total. The van der Waals surface area contributed by atoms with Crippen molar-refractivity contribution in [1.82, 2.24) is 4.72 Å². The molecule has 0 atom stereocenters. The fourth-order valence-corrected chi connectivity index (χ4v) is 3.44. The number of fused-ring (bicyclic) bond motifs is 1. The van der Waals surface area contributed by atoms with Crippen LogP contribution in [0.5, 0.6) is 23.0 Å². The second-order valence-corrected chi connectivity index (χ2v) is 6.79. The van der Waals surface area contributed by atoms with Crippen molar-refractivity contribution in [3.05, 3.63) is 42.2 Å². The summed E-state index contributed by atoms with van der Waals surface area (Å²) in [5, 5.41) is 0. The average molecular weight is 369 g/mol. The van der Waals surface area contributed by atoms with Crippen LogP contribution in [0.1, 0.15) is 0 Å². The van der Waals surface area contributed by atoms with Crippen LogP contribution in [0.4, 0.5) is 4.39 Å². The summed E-state index contributed by atoms with van der Waals surface area (Å²) in [5.74, 6) is 1.11. The van der Waals surface area contributed by atoms with Gasteiger partial charge >= 0.3 is 0 Å². The van der Waals surface area contributed by atoms with Gasteiger partial charge in [-0.1, -0.05) is 0 Å². The molecule has 2 aromatic carbocycles. The maximum atomic E-state index is 13.3. The minimum Gasteiger partial charge on any atom is -0.495 e. The summed E-state index contributed by atoms with van der Waals surface area (Å²) in [5.41, 5.74) is 0. The second-order valence-electron chi connectivity index (χ2n) is 5.06. The Morgan fingerprint density at radius 2 is 1.96 bits per heavy atom. The summed E-state index contributed by atoms with van der Waals surface area (Å²) in [7, 11) is -2.61. The molecule has 0 aliphatic carbocycles. The van der Waals surface area contributed by atoms with Gasteiger partial charge in [-0.05, 0) is 30.3 Å². The van der Waals surface area contributed by atoms with E-state index in [4.69, 9.17) is 18.9 Å². The molecule has 0 amide bonds. The predicted octanol–water partition coefficient (Wildman–Crippen LogP) is 1.92. The minimum absolute atomic E-state index is 0.00353. The first-order valence-electron chi connectivity index (χ1n) is 7.35. The van der Waals surface area contributed by atoms with Crippen LogP contribution >= 0.6 is 0 Å². The number of hydrogen-bond donors (Lipinski definition) is 1. The van der Waals surface area contributed by atoms with E-state index in [0.29, 0.717) is 17.2 Å². The normalized spacial score (nSPS) is 12.9. The molecule has 0 saturated heterocycles. The first-order chi connectivity index (χ1) is 12.0. The fraction of sp³-hybridized carbons (Fsp3) is 0.250. The Hall–Kier alpha value is -2.52. The number of hydrogen-bond acceptors (Lipinski definition) is 6. The summed E-state index contributed by atoms with van der Waals surface area (Å²) in [6.07, 6.45) is 0. The minimum atomic E-state index is -3.93. The number of ether oxygens (including phenoxy) is 4. The van der Waals surface area contributed by atoms with Crippen LogP contribution in [0.3, 0.4) is 0 Å². The number of nitrogens with one attached hydrogen (secondary N) is 1. The quantitative estimate of drug-likeness (QED) is 0.751. The maximum absolute atomic E-state index is 13.3. The van der Waals surface area contributed by atoms with Crippen LogP contribution < -0.4 is 23.7 Å². The molecule has 1 N–H and O–H groups in total. The van der Waals surface area contributed by atoms with Crippen LogP contribution in [0.2, 0.25) is 0 Å². The van der Waals surface area contributed by atoms with E-state index < -0.39 is 15.8 Å². The summed E-state index contributed by atoms with van der Waals surface area (Å²) >= 11 is 0. The Balaban J connectivity index is 1.59. The zero-order chi connectivity index (χ0) is 17.9. The molecule has 1 aliphatic rings. The Morgan fingerprint density at radius 1 is 1.16 bits per heavy atom. The molecule has 134 valence electrons. The number of sulfonamides is 1. The molecule has 0 saturated carbocycles. The van der Waals surface area contributed by atoms with E-state index >= 15 is 0 Å². The van der Waals surface area contributed by atoms with Gasteiger partial charge in [-0.25, -0.2) is 17.5 Å². The first kappa shape index (κ1) is 17.3. The number of rotatable bonds is 7. The largest absolute Gasteiger partial charge is 0.495 e. The Kier molecular flexibility index (Phi) is 4.95. The predicted molar refractivity (Wildman–Crippen MR) is 86.2 cm³/mol. The van der Waals surface area contributed by atoms with E-state index in [0.717, 1.165) is 12.1 Å². The van der Waals surface area contributed by atoms with Crippen molar-refractivity contribution in [3.8, 4) is 23.0 Å². The average Bonchev–Trinajstić information content (AvgIpc) is 3.06. The number of benzene rings is 2. The van der Waals surface area contributed by atoms with Gasteiger partial charge in [-0.2, -0.15) is 0 Å². The third-order valence-corrected chi connectivity index (χ3v) is 4.90. The van der Waals surface area contributed by atoms with E-state index in [2.05, 4.69) is 4.72 Å². The van der Waals surface area contributed by atoms with Gasteiger partial charge in [0.15, 0.2) is 11.5 Å². The van der Waals surface area contributed by atoms with Gasteiger partial charge in [0.1, 0.15) is 28.8 Å². The molecule has 0 radical (unpaired) electrons. The van der Waals surface area contributed by atoms with E-state index in [1.807, 2.05) is 0 Å². The van der Waals surface area contributed by atoms with E-state index in [9.17, 15) is 12.8 Å². The Labute approximate surface area is 144 Å². The highest BCUT2D eigenvalue weighted by Crippen LogP contribution is 2.35. The van der Waals surface area contributed by atoms with Crippen LogP contribution in [0.25, 0.3) is 0 Å². The van der Waals surface area contributed by atoms with Crippen molar-refractivity contribution < 1.29 is 31.8 Å². The lowest BCUT2D eigenvalue weighted by atomic mass is 10.3. The lowest BCUT2D eigenvalue weighted by Gasteiger charge is -2.11. The molecule has 0 aromatic heterocycles. The van der Waals surface area contributed by atoms with Crippen LogP contribution in [-0.4, -0.2) is 35.5 Å². The molecular formula is C16H16FNO6S. The SMILES string of the molecule is COc1ccc(F)cc1S(=O)(=O)NCCOc1ccc2c(c1)OCO2. The number of methoxy groups -OCH3 is 1. The lowest BCUT2D eigenvalue weighted by Crippen LogP contribution is -2.28. The van der Waals surface area contributed by atoms with Crippen LogP contribution in [0.15, 0.2) is 41.3 Å². The van der Waals surface area contributed by atoms with E-state index in [1.165, 1.54) is 13.2 Å². The van der Waals surface area contributed by atoms with Gasteiger partial charge in [0.05, 0.1) is 7.11 Å². The van der Waals surface area contributed by atoms with E-state index in [-0.39, 0.29) is 30.6 Å². The van der Waals surface area contributed by atoms with Crippen molar-refractivity contribution >= 4 is 10.0 Å². The highest BCUT2D eigenvalue weighted by atomic mass is 32.2. The molecule has 1 heterocycles. The highest BCUT2D eigenvalue weighted by molar-refractivity contribution is 7.89. The fourth-order valence-electron chi connectivity index (χ4n) is 2.25. The van der Waals surface area contributed by atoms with Crippen LogP contribution in [-0.2, 0) is 10.0 Å². The molecular weight excluding hydrogens is 353 g/mol. The molecule has 9 heteroatoms. The number of halogens is 1. The molecule has 2 aromatic rings. The molecule has 0 unspecified atom stereocenters. The monoisotopic (exact) mass is 369 g/mol. The molecule has 3 rings (SSSR count). The van der Waals surface area contributed by atoms with Gasteiger partial charge < -0.3 is 18.9 Å². The molecule has 0 spiro atoms. The van der Waals surface area contributed by atoms with Gasteiger partial charge in [-0.15, -0.1) is 0 Å². The van der Waals surface area contributed by atoms with Crippen molar-refractivity contribution in [2.75, 3.05) is 27.1 Å². The smallest absolute Gasteiger partial charge is 0.244 e. The van der Waals surface area contributed by atoms with Crippen molar-refractivity contribution in [1.29, 1.82) is 0 Å². The summed E-state index contributed by atoms with van der Waals surface area (Å²) in [6.45, 7) is 0.237. The molecule has 1 aliphatic heterocycles. The van der Waals surface area contributed by atoms with Crippen molar-refractivity contribution in [2.24, 2.45) is 0 Å². The summed E-state index contributed by atoms with van der Waals surface area (Å²) in [6, 6.07) is 8.34. The standard InChI is InChI=1S/C16H16FNO6S/c1-21-14-4-2-11(17)8-16(14)25(19,20)18-6-7-22-12-3-5-13-15(9-12)24-10-23-13/h2-5,8-9,18H,6-7,10H2,1H3. The third kappa shape index (κ3) is 3.94. The van der Waals surface area contributed by atoms with Gasteiger partial charge in [0, 0.05) is 12.6 Å². The molecule has 0 bridgehead atoms. The highest BCUT2D eigenvalue weighted by Gasteiger charge is 2.20. The van der Waals surface area contributed by atoms with Gasteiger partial charge in [0.2, 0.25) is 16.8 Å². The van der Waals surface area contributed by atoms with Crippen molar-refractivity contribution in [2.45, 2.75) is 4.90 Å². The van der Waals surface area contributed by atoms with Gasteiger partial charge in [-0.3, -0.25) is 0 Å². The second kappa shape index (κ2) is 7.16. The topological polar surface area (TPSA) is 83.1 Å². The molecule has 25 heavy (non-hydrogen) atoms. The van der Waals surface area contributed by atoms with Gasteiger partial charge in [0.25, 0.3) is 0 Å². The Morgan fingerprint density at radius 3 is 2.76 bits per heavy atom. The maximum Gasteiger partial charge on any atom is 0.244 e. The summed E-state index contributed by atoms with van der Waals surface area (Å²) < 4.78 is 61.1. The van der Waals surface area contributed by atoms with Crippen molar-refractivity contribution in [3.63, 3.8) is 0 Å². The zero-order valence-electron chi connectivity index (χ0n) is 13.3.